The Kier molecular flexibility index (Phi) is 3.88. The number of aryl methyl sites for hydroxylation is 1. The molecule has 0 aliphatic carbocycles. The summed E-state index contributed by atoms with van der Waals surface area (Å²) in [5, 5.41) is 5.56. The molecule has 0 saturated carbocycles. The van der Waals surface area contributed by atoms with Gasteiger partial charge in [-0.3, -0.25) is 4.79 Å². The van der Waals surface area contributed by atoms with Gasteiger partial charge < -0.3 is 15.1 Å². The van der Waals surface area contributed by atoms with Crippen LogP contribution in [0.15, 0.2) is 24.4 Å². The molecule has 2 aromatic rings. The van der Waals surface area contributed by atoms with E-state index in [9.17, 15) is 4.79 Å². The highest BCUT2D eigenvalue weighted by Gasteiger charge is 2.21. The van der Waals surface area contributed by atoms with E-state index < -0.39 is 0 Å². The van der Waals surface area contributed by atoms with Crippen LogP contribution in [-0.4, -0.2) is 49.0 Å². The van der Waals surface area contributed by atoms with E-state index in [1.807, 2.05) is 18.1 Å². The maximum absolute atomic E-state index is 11.5. The fourth-order valence-electron chi connectivity index (χ4n) is 3.03. The van der Waals surface area contributed by atoms with Crippen molar-refractivity contribution in [1.82, 2.24) is 9.88 Å². The number of rotatable bonds is 2. The van der Waals surface area contributed by atoms with Crippen molar-refractivity contribution < 1.29 is 4.79 Å². The number of benzene rings is 1. The molecule has 3 rings (SSSR count). The zero-order chi connectivity index (χ0) is 15.7. The van der Waals surface area contributed by atoms with Crippen LogP contribution in [0.2, 0.25) is 0 Å². The largest absolute Gasteiger partial charge is 0.386 e. The van der Waals surface area contributed by atoms with Crippen LogP contribution in [-0.2, 0) is 4.79 Å². The monoisotopic (exact) mass is 298 g/mol. The van der Waals surface area contributed by atoms with Gasteiger partial charge in [-0.15, -0.1) is 0 Å². The topological polar surface area (TPSA) is 48.5 Å². The molecule has 1 aliphatic heterocycles. The van der Waals surface area contributed by atoms with E-state index in [2.05, 4.69) is 40.3 Å². The molecule has 2 heterocycles. The highest BCUT2D eigenvalue weighted by molar-refractivity contribution is 6.00. The molecule has 116 valence electrons. The summed E-state index contributed by atoms with van der Waals surface area (Å²) in [6.45, 7) is 6.91. The summed E-state index contributed by atoms with van der Waals surface area (Å²) in [5.74, 6) is 1.17. The van der Waals surface area contributed by atoms with Gasteiger partial charge in [0.05, 0.1) is 11.9 Å². The summed E-state index contributed by atoms with van der Waals surface area (Å²) >= 11 is 0. The Bertz CT molecular complexity index is 705. The minimum absolute atomic E-state index is 0.152. The van der Waals surface area contributed by atoms with Gasteiger partial charge in [-0.2, -0.15) is 0 Å². The lowest BCUT2D eigenvalue weighted by atomic mass is 10.1. The van der Waals surface area contributed by atoms with Crippen molar-refractivity contribution in [3.8, 4) is 0 Å². The maximum Gasteiger partial charge on any atom is 0.219 e. The van der Waals surface area contributed by atoms with Crippen molar-refractivity contribution in [1.29, 1.82) is 0 Å². The average molecular weight is 298 g/mol. The summed E-state index contributed by atoms with van der Waals surface area (Å²) in [6, 6.07) is 6.46. The van der Waals surface area contributed by atoms with Gasteiger partial charge in [0.2, 0.25) is 5.91 Å². The quantitative estimate of drug-likeness (QED) is 0.924. The molecule has 5 nitrogen and oxygen atoms in total. The van der Waals surface area contributed by atoms with E-state index in [0.717, 1.165) is 37.7 Å². The summed E-state index contributed by atoms with van der Waals surface area (Å²) in [6.07, 6.45) is 1.89. The molecular weight excluding hydrogens is 276 g/mol. The minimum atomic E-state index is 0.152. The Labute approximate surface area is 130 Å². The van der Waals surface area contributed by atoms with Gasteiger partial charge in [0.1, 0.15) is 5.82 Å². The third-order valence-corrected chi connectivity index (χ3v) is 4.32. The zero-order valence-electron chi connectivity index (χ0n) is 13.4. The highest BCUT2D eigenvalue weighted by Crippen LogP contribution is 2.31. The summed E-state index contributed by atoms with van der Waals surface area (Å²) in [7, 11) is 1.92. The fourth-order valence-corrected chi connectivity index (χ4v) is 3.03. The standard InChI is InChI=1S/C17H22N4O/c1-12-4-5-14-15(10-12)17(19-11-16(14)18-3)21-8-6-20(7-9-21)13(2)22/h4-5,10-11,18H,6-9H2,1-3H3. The van der Waals surface area contributed by atoms with Gasteiger partial charge in [0.15, 0.2) is 0 Å². The molecule has 0 bridgehead atoms. The van der Waals surface area contributed by atoms with E-state index in [-0.39, 0.29) is 5.91 Å². The van der Waals surface area contributed by atoms with Crippen LogP contribution in [0.1, 0.15) is 12.5 Å². The first-order chi connectivity index (χ1) is 10.6. The Hall–Kier alpha value is -2.30. The Morgan fingerprint density at radius 2 is 1.91 bits per heavy atom. The number of amides is 1. The molecule has 1 aromatic carbocycles. The predicted molar refractivity (Wildman–Crippen MR) is 90.5 cm³/mol. The summed E-state index contributed by atoms with van der Waals surface area (Å²) in [5.41, 5.74) is 2.27. The van der Waals surface area contributed by atoms with Crippen LogP contribution in [0.25, 0.3) is 10.8 Å². The Morgan fingerprint density at radius 1 is 1.18 bits per heavy atom. The number of hydrogen-bond acceptors (Lipinski definition) is 4. The van der Waals surface area contributed by atoms with E-state index in [1.165, 1.54) is 16.3 Å². The molecule has 1 fully saturated rings. The van der Waals surface area contributed by atoms with Gasteiger partial charge in [-0.1, -0.05) is 17.7 Å². The van der Waals surface area contributed by atoms with Crippen LogP contribution in [0.5, 0.6) is 0 Å². The van der Waals surface area contributed by atoms with Crippen LogP contribution in [0, 0.1) is 6.92 Å². The SMILES string of the molecule is CNc1cnc(N2CCN(C(C)=O)CC2)c2cc(C)ccc12. The van der Waals surface area contributed by atoms with Crippen LogP contribution in [0.4, 0.5) is 11.5 Å². The molecular formula is C17H22N4O. The van der Waals surface area contributed by atoms with E-state index >= 15 is 0 Å². The average Bonchev–Trinajstić information content (AvgIpc) is 2.53. The van der Waals surface area contributed by atoms with E-state index in [0.29, 0.717) is 0 Å². The highest BCUT2D eigenvalue weighted by atomic mass is 16.2. The van der Waals surface area contributed by atoms with Crippen molar-refractivity contribution in [3.63, 3.8) is 0 Å². The predicted octanol–water partition coefficient (Wildman–Crippen LogP) is 2.25. The molecule has 1 amide bonds. The van der Waals surface area contributed by atoms with Crippen molar-refractivity contribution in [2.24, 2.45) is 0 Å². The summed E-state index contributed by atoms with van der Waals surface area (Å²) in [4.78, 5) is 20.3. The molecule has 22 heavy (non-hydrogen) atoms. The molecule has 0 spiro atoms. The molecule has 1 aromatic heterocycles. The lowest BCUT2D eigenvalue weighted by Gasteiger charge is -2.35. The van der Waals surface area contributed by atoms with Crippen LogP contribution >= 0.6 is 0 Å². The number of hydrogen-bond donors (Lipinski definition) is 1. The fraction of sp³-hybridized carbons (Fsp3) is 0.412. The number of fused-ring (bicyclic) bond motifs is 1. The Balaban J connectivity index is 1.98. The maximum atomic E-state index is 11.5. The van der Waals surface area contributed by atoms with Crippen LogP contribution < -0.4 is 10.2 Å². The second kappa shape index (κ2) is 5.83. The third kappa shape index (κ3) is 2.58. The second-order valence-corrected chi connectivity index (χ2v) is 5.79. The summed E-state index contributed by atoms with van der Waals surface area (Å²) < 4.78 is 0. The first kappa shape index (κ1) is 14.6. The minimum Gasteiger partial charge on any atom is -0.386 e. The first-order valence-electron chi connectivity index (χ1n) is 7.67. The lowest BCUT2D eigenvalue weighted by molar-refractivity contribution is -0.129. The van der Waals surface area contributed by atoms with Gasteiger partial charge in [-0.25, -0.2) is 4.98 Å². The van der Waals surface area contributed by atoms with Gasteiger partial charge in [0, 0.05) is 50.9 Å². The first-order valence-corrected chi connectivity index (χ1v) is 7.67. The number of nitrogens with one attached hydrogen (secondary N) is 1. The zero-order valence-corrected chi connectivity index (χ0v) is 13.4. The lowest BCUT2D eigenvalue weighted by Crippen LogP contribution is -2.48. The number of carbonyl (C=O) groups is 1. The van der Waals surface area contributed by atoms with Gasteiger partial charge >= 0.3 is 0 Å². The molecule has 0 atom stereocenters. The Morgan fingerprint density at radius 3 is 2.55 bits per heavy atom. The molecule has 1 aliphatic rings. The van der Waals surface area contributed by atoms with Gasteiger partial charge in [0.25, 0.3) is 0 Å². The number of anilines is 2. The smallest absolute Gasteiger partial charge is 0.219 e. The number of piperazine rings is 1. The number of nitrogens with zero attached hydrogens (tertiary/aromatic N) is 3. The van der Waals surface area contributed by atoms with Crippen LogP contribution in [0.3, 0.4) is 0 Å². The number of carbonyl (C=O) groups excluding carboxylic acids is 1. The molecule has 0 radical (unpaired) electrons. The van der Waals surface area contributed by atoms with E-state index in [4.69, 9.17) is 0 Å². The van der Waals surface area contributed by atoms with Crippen molar-refractivity contribution in [2.45, 2.75) is 13.8 Å². The number of pyridine rings is 1. The van der Waals surface area contributed by atoms with Crippen molar-refractivity contribution >= 4 is 28.2 Å². The third-order valence-electron chi connectivity index (χ3n) is 4.32. The van der Waals surface area contributed by atoms with Gasteiger partial charge in [-0.05, 0) is 13.0 Å². The molecule has 1 N–H and O–H groups in total. The molecule has 5 heteroatoms. The number of aromatic nitrogens is 1. The molecule has 1 saturated heterocycles. The van der Waals surface area contributed by atoms with E-state index in [1.54, 1.807) is 6.92 Å². The van der Waals surface area contributed by atoms with Crippen molar-refractivity contribution in [3.05, 3.63) is 30.0 Å². The second-order valence-electron chi connectivity index (χ2n) is 5.79. The normalized spacial score (nSPS) is 15.2. The van der Waals surface area contributed by atoms with Crippen molar-refractivity contribution in [2.75, 3.05) is 43.4 Å². The molecule has 0 unspecified atom stereocenters.